The van der Waals surface area contributed by atoms with Crippen molar-refractivity contribution in [2.75, 3.05) is 26.2 Å². The Morgan fingerprint density at radius 3 is 2.38 bits per heavy atom. The van der Waals surface area contributed by atoms with Crippen LogP contribution in [0.25, 0.3) is 0 Å². The Balaban J connectivity index is 2.39. The topological polar surface area (TPSA) is 15.3 Å². The SMILES string of the molecule is CCN(CC)CC1(C)CCCCN1. The molecule has 1 saturated heterocycles. The largest absolute Gasteiger partial charge is 0.310 e. The lowest BCUT2D eigenvalue weighted by Crippen LogP contribution is -2.53. The van der Waals surface area contributed by atoms with Crippen LogP contribution in [0.3, 0.4) is 0 Å². The van der Waals surface area contributed by atoms with E-state index < -0.39 is 0 Å². The van der Waals surface area contributed by atoms with Gasteiger partial charge in [0.05, 0.1) is 0 Å². The van der Waals surface area contributed by atoms with Crippen LogP contribution < -0.4 is 5.32 Å². The zero-order valence-corrected chi connectivity index (χ0v) is 9.40. The molecule has 1 N–H and O–H groups in total. The van der Waals surface area contributed by atoms with Crippen molar-refractivity contribution in [3.8, 4) is 0 Å². The standard InChI is InChI=1S/C11H24N2/c1-4-13(5-2)10-11(3)8-6-7-9-12-11/h12H,4-10H2,1-3H3. The van der Waals surface area contributed by atoms with Gasteiger partial charge in [0, 0.05) is 12.1 Å². The number of nitrogens with one attached hydrogen (secondary N) is 1. The number of nitrogens with zero attached hydrogens (tertiary/aromatic N) is 1. The summed E-state index contributed by atoms with van der Waals surface area (Å²) in [7, 11) is 0. The fourth-order valence-electron chi connectivity index (χ4n) is 2.19. The number of likely N-dealkylation sites (N-methyl/N-ethyl adjacent to an activating group) is 1. The van der Waals surface area contributed by atoms with Gasteiger partial charge in [-0.3, -0.25) is 0 Å². The Morgan fingerprint density at radius 1 is 1.23 bits per heavy atom. The summed E-state index contributed by atoms with van der Waals surface area (Å²) < 4.78 is 0. The van der Waals surface area contributed by atoms with Crippen molar-refractivity contribution in [1.82, 2.24) is 10.2 Å². The summed E-state index contributed by atoms with van der Waals surface area (Å²) in [6.07, 6.45) is 4.09. The molecular formula is C11H24N2. The third-order valence-corrected chi connectivity index (χ3v) is 3.17. The summed E-state index contributed by atoms with van der Waals surface area (Å²) in [5.74, 6) is 0. The van der Waals surface area contributed by atoms with Crippen LogP contribution in [-0.4, -0.2) is 36.6 Å². The first-order chi connectivity index (χ1) is 6.20. The Labute approximate surface area is 82.7 Å². The molecule has 1 fully saturated rings. The van der Waals surface area contributed by atoms with Crippen molar-refractivity contribution in [2.24, 2.45) is 0 Å². The molecule has 0 aromatic rings. The lowest BCUT2D eigenvalue weighted by Gasteiger charge is -2.38. The first-order valence-corrected chi connectivity index (χ1v) is 5.67. The molecule has 2 heteroatoms. The first kappa shape index (κ1) is 11.0. The molecule has 1 heterocycles. The van der Waals surface area contributed by atoms with Crippen LogP contribution in [0.15, 0.2) is 0 Å². The van der Waals surface area contributed by atoms with Crippen molar-refractivity contribution >= 4 is 0 Å². The molecule has 0 amide bonds. The van der Waals surface area contributed by atoms with Gasteiger partial charge in [-0.25, -0.2) is 0 Å². The average Bonchev–Trinajstić information content (AvgIpc) is 2.15. The Morgan fingerprint density at radius 2 is 1.92 bits per heavy atom. The fraction of sp³-hybridized carbons (Fsp3) is 1.00. The van der Waals surface area contributed by atoms with E-state index in [4.69, 9.17) is 0 Å². The molecule has 1 rings (SSSR count). The summed E-state index contributed by atoms with van der Waals surface area (Å²) in [5, 5.41) is 3.65. The summed E-state index contributed by atoms with van der Waals surface area (Å²) in [4.78, 5) is 2.51. The second-order valence-corrected chi connectivity index (χ2v) is 4.41. The van der Waals surface area contributed by atoms with E-state index in [2.05, 4.69) is 31.0 Å². The van der Waals surface area contributed by atoms with E-state index in [0.29, 0.717) is 5.54 Å². The summed E-state index contributed by atoms with van der Waals surface area (Å²) in [6, 6.07) is 0. The van der Waals surface area contributed by atoms with Gasteiger partial charge < -0.3 is 10.2 Å². The zero-order chi connectivity index (χ0) is 9.73. The highest BCUT2D eigenvalue weighted by Crippen LogP contribution is 2.19. The molecule has 0 aromatic heterocycles. The van der Waals surface area contributed by atoms with Gasteiger partial charge in [-0.2, -0.15) is 0 Å². The molecule has 0 spiro atoms. The lowest BCUT2D eigenvalue weighted by atomic mass is 9.90. The minimum atomic E-state index is 0.379. The monoisotopic (exact) mass is 184 g/mol. The van der Waals surface area contributed by atoms with Gasteiger partial charge in [-0.05, 0) is 39.4 Å². The second kappa shape index (κ2) is 4.97. The molecule has 0 radical (unpaired) electrons. The van der Waals surface area contributed by atoms with E-state index in [1.165, 1.54) is 45.4 Å². The molecule has 78 valence electrons. The molecular weight excluding hydrogens is 160 g/mol. The second-order valence-electron chi connectivity index (χ2n) is 4.41. The maximum Gasteiger partial charge on any atom is 0.0280 e. The first-order valence-electron chi connectivity index (χ1n) is 5.67. The maximum absolute atomic E-state index is 3.65. The van der Waals surface area contributed by atoms with Gasteiger partial charge in [-0.1, -0.05) is 20.3 Å². The highest BCUT2D eigenvalue weighted by atomic mass is 15.2. The molecule has 2 nitrogen and oxygen atoms in total. The van der Waals surface area contributed by atoms with Crippen LogP contribution in [-0.2, 0) is 0 Å². The summed E-state index contributed by atoms with van der Waals surface area (Å²) >= 11 is 0. The van der Waals surface area contributed by atoms with Gasteiger partial charge in [-0.15, -0.1) is 0 Å². The van der Waals surface area contributed by atoms with Gasteiger partial charge in [0.15, 0.2) is 0 Å². The predicted octanol–water partition coefficient (Wildman–Crippen LogP) is 1.86. The molecule has 0 bridgehead atoms. The third-order valence-electron chi connectivity index (χ3n) is 3.17. The van der Waals surface area contributed by atoms with Crippen molar-refractivity contribution in [3.63, 3.8) is 0 Å². The minimum Gasteiger partial charge on any atom is -0.310 e. The van der Waals surface area contributed by atoms with Crippen molar-refractivity contribution in [2.45, 2.75) is 45.6 Å². The smallest absolute Gasteiger partial charge is 0.0280 e. The van der Waals surface area contributed by atoms with E-state index in [0.717, 1.165) is 0 Å². The molecule has 0 aliphatic carbocycles. The third kappa shape index (κ3) is 3.28. The van der Waals surface area contributed by atoms with Gasteiger partial charge >= 0.3 is 0 Å². The molecule has 1 atom stereocenters. The number of piperidine rings is 1. The average molecular weight is 184 g/mol. The normalized spacial score (nSPS) is 29.5. The zero-order valence-electron chi connectivity index (χ0n) is 9.40. The Hall–Kier alpha value is -0.0800. The molecule has 1 aliphatic rings. The highest BCUT2D eigenvalue weighted by molar-refractivity contribution is 4.89. The van der Waals surface area contributed by atoms with E-state index >= 15 is 0 Å². The van der Waals surface area contributed by atoms with Crippen LogP contribution in [0.1, 0.15) is 40.0 Å². The van der Waals surface area contributed by atoms with Crippen molar-refractivity contribution in [3.05, 3.63) is 0 Å². The Kier molecular flexibility index (Phi) is 4.20. The van der Waals surface area contributed by atoms with E-state index in [9.17, 15) is 0 Å². The summed E-state index contributed by atoms with van der Waals surface area (Å²) in [6.45, 7) is 11.6. The van der Waals surface area contributed by atoms with Crippen LogP contribution in [0, 0.1) is 0 Å². The lowest BCUT2D eigenvalue weighted by molar-refractivity contribution is 0.174. The van der Waals surface area contributed by atoms with E-state index in [1.54, 1.807) is 0 Å². The predicted molar refractivity (Wildman–Crippen MR) is 58.0 cm³/mol. The van der Waals surface area contributed by atoms with E-state index in [1.807, 2.05) is 0 Å². The van der Waals surface area contributed by atoms with Crippen LogP contribution in [0.2, 0.25) is 0 Å². The number of rotatable bonds is 4. The van der Waals surface area contributed by atoms with Crippen molar-refractivity contribution < 1.29 is 0 Å². The minimum absolute atomic E-state index is 0.379. The number of hydrogen-bond acceptors (Lipinski definition) is 2. The van der Waals surface area contributed by atoms with Gasteiger partial charge in [0.1, 0.15) is 0 Å². The quantitative estimate of drug-likeness (QED) is 0.717. The maximum atomic E-state index is 3.65. The summed E-state index contributed by atoms with van der Waals surface area (Å²) in [5.41, 5.74) is 0.379. The van der Waals surface area contributed by atoms with Crippen molar-refractivity contribution in [1.29, 1.82) is 0 Å². The van der Waals surface area contributed by atoms with Crippen LogP contribution in [0.4, 0.5) is 0 Å². The molecule has 1 aliphatic heterocycles. The van der Waals surface area contributed by atoms with Gasteiger partial charge in [0.25, 0.3) is 0 Å². The van der Waals surface area contributed by atoms with Crippen LogP contribution in [0.5, 0.6) is 0 Å². The fourth-order valence-corrected chi connectivity index (χ4v) is 2.19. The van der Waals surface area contributed by atoms with Gasteiger partial charge in [0.2, 0.25) is 0 Å². The number of hydrogen-bond donors (Lipinski definition) is 1. The molecule has 0 saturated carbocycles. The van der Waals surface area contributed by atoms with Crippen LogP contribution >= 0.6 is 0 Å². The van der Waals surface area contributed by atoms with E-state index in [-0.39, 0.29) is 0 Å². The highest BCUT2D eigenvalue weighted by Gasteiger charge is 2.27. The molecule has 0 aromatic carbocycles. The Bertz CT molecular complexity index is 135. The molecule has 13 heavy (non-hydrogen) atoms. The molecule has 1 unspecified atom stereocenters.